The van der Waals surface area contributed by atoms with Crippen LogP contribution >= 0.6 is 0 Å². The summed E-state index contributed by atoms with van der Waals surface area (Å²) >= 11 is 0. The van der Waals surface area contributed by atoms with Crippen LogP contribution in [0.2, 0.25) is 0 Å². The molecule has 0 aliphatic carbocycles. The van der Waals surface area contributed by atoms with Crippen LogP contribution in [-0.4, -0.2) is 75.9 Å². The summed E-state index contributed by atoms with van der Waals surface area (Å²) in [6.45, 7) is 9.82. The minimum absolute atomic E-state index is 0.162. The fourth-order valence-corrected chi connectivity index (χ4v) is 4.95. The third-order valence-corrected chi connectivity index (χ3v) is 8.16. The van der Waals surface area contributed by atoms with Crippen molar-refractivity contribution in [3.63, 3.8) is 0 Å². The van der Waals surface area contributed by atoms with Crippen LogP contribution in [-0.2, 0) is 33.6 Å². The zero-order valence-electron chi connectivity index (χ0n) is 28.4. The monoisotopic (exact) mass is 687 g/mol. The molecule has 5 amide bonds. The van der Waals surface area contributed by atoms with Crippen LogP contribution in [0.5, 0.6) is 0 Å². The van der Waals surface area contributed by atoms with Gasteiger partial charge in [0.15, 0.2) is 0 Å². The summed E-state index contributed by atoms with van der Waals surface area (Å²) in [5, 5.41) is 31.8. The highest BCUT2D eigenvalue weighted by molar-refractivity contribution is 6.01. The molecule has 1 heterocycles. The van der Waals surface area contributed by atoms with E-state index in [0.717, 1.165) is 0 Å². The van der Waals surface area contributed by atoms with Crippen molar-refractivity contribution in [2.45, 2.75) is 97.8 Å². The Labute approximate surface area is 282 Å². The molecule has 1 aromatic heterocycles. The third kappa shape index (κ3) is 12.0. The molecule has 0 fully saturated rings. The van der Waals surface area contributed by atoms with E-state index in [-0.39, 0.29) is 23.6 Å². The lowest BCUT2D eigenvalue weighted by atomic mass is 9.96. The first-order valence-electron chi connectivity index (χ1n) is 15.9. The number of aliphatic carboxylic acids is 2. The molecular formula is C33H45N5O11. The van der Waals surface area contributed by atoms with Gasteiger partial charge in [-0.25, -0.2) is 4.79 Å². The molecule has 0 aliphatic rings. The average Bonchev–Trinajstić information content (AvgIpc) is 3.02. The highest BCUT2D eigenvalue weighted by Crippen LogP contribution is 2.21. The van der Waals surface area contributed by atoms with E-state index < -0.39 is 90.0 Å². The fraction of sp³-hybridized carbons (Fsp3) is 0.515. The summed E-state index contributed by atoms with van der Waals surface area (Å²) in [5.41, 5.74) is 0.384. The standard InChI is InChI=1S/C33H45N5O11/c1-7-16(3)28(34-19(6)39)32(47)36-22(11-12-25(40)41)30(45)38-29(17(4)8-2)33(48)37-23(15-26(42)43)31(46)35-20-9-10-21-18(5)13-27(44)49-24(21)14-20/h9-10,13-14,16-17,22-23,28-29H,7-8,11-12,15H2,1-6H3,(H,34,39)(H,35,46)(H,36,47)(H,37,48)(H,38,45)(H,40,41)(H,42,43)/t16-,17-,22-,23-,28-,29-/m0/s1. The Bertz CT molecular complexity index is 1620. The van der Waals surface area contributed by atoms with Gasteiger partial charge in [0.1, 0.15) is 29.8 Å². The van der Waals surface area contributed by atoms with Crippen LogP contribution in [0.25, 0.3) is 11.0 Å². The molecule has 16 heteroatoms. The van der Waals surface area contributed by atoms with Crippen LogP contribution in [0.3, 0.4) is 0 Å². The Morgan fingerprint density at radius 1 is 0.755 bits per heavy atom. The van der Waals surface area contributed by atoms with Gasteiger partial charge in [-0.2, -0.15) is 0 Å². The van der Waals surface area contributed by atoms with Crippen molar-refractivity contribution in [1.29, 1.82) is 0 Å². The number of carbonyl (C=O) groups is 7. The van der Waals surface area contributed by atoms with E-state index in [1.54, 1.807) is 40.7 Å². The first-order chi connectivity index (χ1) is 23.0. The van der Waals surface area contributed by atoms with Crippen molar-refractivity contribution < 1.29 is 48.2 Å². The topological polar surface area (TPSA) is 250 Å². The van der Waals surface area contributed by atoms with E-state index >= 15 is 0 Å². The Balaban J connectivity index is 2.32. The molecule has 0 radical (unpaired) electrons. The molecule has 0 aliphatic heterocycles. The largest absolute Gasteiger partial charge is 0.481 e. The SMILES string of the molecule is CC[C@H](C)[C@H](NC(C)=O)C(=O)N[C@@H](CCC(=O)O)C(=O)N[C@H](C(=O)N[C@@H](CC(=O)O)C(=O)Nc1ccc2c(C)cc(=O)oc2c1)[C@@H](C)CC. The van der Waals surface area contributed by atoms with Gasteiger partial charge in [0.25, 0.3) is 0 Å². The second-order valence-corrected chi connectivity index (χ2v) is 12.0. The predicted octanol–water partition coefficient (Wildman–Crippen LogP) is 1.43. The van der Waals surface area contributed by atoms with Crippen LogP contribution in [0.4, 0.5) is 5.69 Å². The van der Waals surface area contributed by atoms with Crippen molar-refractivity contribution in [3.05, 3.63) is 40.2 Å². The quantitative estimate of drug-likeness (QED) is 0.110. The van der Waals surface area contributed by atoms with Crippen molar-refractivity contribution in [1.82, 2.24) is 21.3 Å². The van der Waals surface area contributed by atoms with Crippen LogP contribution in [0.15, 0.2) is 33.5 Å². The number of anilines is 1. The summed E-state index contributed by atoms with van der Waals surface area (Å²) in [7, 11) is 0. The highest BCUT2D eigenvalue weighted by atomic mass is 16.4. The van der Waals surface area contributed by atoms with E-state index in [1.807, 2.05) is 0 Å². The number of carboxylic acid groups (broad SMARTS) is 2. The molecule has 0 spiro atoms. The van der Waals surface area contributed by atoms with E-state index in [4.69, 9.17) is 4.42 Å². The van der Waals surface area contributed by atoms with Crippen LogP contribution in [0.1, 0.15) is 72.3 Å². The lowest BCUT2D eigenvalue weighted by Crippen LogP contribution is -2.60. The van der Waals surface area contributed by atoms with Gasteiger partial charge < -0.3 is 41.2 Å². The van der Waals surface area contributed by atoms with E-state index in [1.165, 1.54) is 25.1 Å². The molecule has 2 rings (SSSR count). The molecule has 7 N–H and O–H groups in total. The van der Waals surface area contributed by atoms with Gasteiger partial charge in [-0.15, -0.1) is 0 Å². The minimum atomic E-state index is -1.61. The maximum absolute atomic E-state index is 13.6. The number of carbonyl (C=O) groups excluding carboxylic acids is 5. The molecular weight excluding hydrogens is 642 g/mol. The molecule has 49 heavy (non-hydrogen) atoms. The number of carboxylic acids is 2. The summed E-state index contributed by atoms with van der Waals surface area (Å²) < 4.78 is 5.19. The van der Waals surface area contributed by atoms with Crippen LogP contribution in [0, 0.1) is 18.8 Å². The molecule has 16 nitrogen and oxygen atoms in total. The minimum Gasteiger partial charge on any atom is -0.481 e. The van der Waals surface area contributed by atoms with Crippen molar-refractivity contribution in [2.75, 3.05) is 5.32 Å². The van der Waals surface area contributed by atoms with E-state index in [2.05, 4.69) is 26.6 Å². The number of nitrogens with one attached hydrogen (secondary N) is 5. The number of benzene rings is 1. The fourth-order valence-electron chi connectivity index (χ4n) is 4.95. The first-order valence-corrected chi connectivity index (χ1v) is 15.9. The predicted molar refractivity (Wildman–Crippen MR) is 177 cm³/mol. The number of aryl methyl sites for hydroxylation is 1. The molecule has 1 aromatic carbocycles. The molecule has 6 atom stereocenters. The molecule has 2 aromatic rings. The Hall–Kier alpha value is -5.28. The van der Waals surface area contributed by atoms with E-state index in [0.29, 0.717) is 23.8 Å². The van der Waals surface area contributed by atoms with Crippen molar-refractivity contribution in [2.24, 2.45) is 11.8 Å². The van der Waals surface area contributed by atoms with Gasteiger partial charge in [0.2, 0.25) is 29.5 Å². The zero-order valence-corrected chi connectivity index (χ0v) is 28.4. The first kappa shape index (κ1) is 39.9. The average molecular weight is 688 g/mol. The van der Waals surface area contributed by atoms with Gasteiger partial charge in [-0.1, -0.05) is 40.5 Å². The summed E-state index contributed by atoms with van der Waals surface area (Å²) in [4.78, 5) is 100. The summed E-state index contributed by atoms with van der Waals surface area (Å²) in [6, 6.07) is 0.430. The normalized spacial score (nSPS) is 14.7. The van der Waals surface area contributed by atoms with Gasteiger partial charge in [-0.05, 0) is 42.9 Å². The maximum Gasteiger partial charge on any atom is 0.336 e. The van der Waals surface area contributed by atoms with Gasteiger partial charge in [-0.3, -0.25) is 33.6 Å². The Morgan fingerprint density at radius 2 is 1.33 bits per heavy atom. The highest BCUT2D eigenvalue weighted by Gasteiger charge is 2.35. The summed E-state index contributed by atoms with van der Waals surface area (Å²) in [6.07, 6.45) is -0.822. The smallest absolute Gasteiger partial charge is 0.336 e. The molecule has 0 unspecified atom stereocenters. The number of hydrogen-bond acceptors (Lipinski definition) is 9. The van der Waals surface area contributed by atoms with E-state index in [9.17, 15) is 48.6 Å². The molecule has 0 saturated heterocycles. The van der Waals surface area contributed by atoms with Gasteiger partial charge in [0.05, 0.1) is 6.42 Å². The second-order valence-electron chi connectivity index (χ2n) is 12.0. The number of amides is 5. The second kappa shape index (κ2) is 18.3. The number of rotatable bonds is 18. The molecule has 0 saturated carbocycles. The Kier molecular flexibility index (Phi) is 14.9. The lowest BCUT2D eigenvalue weighted by molar-refractivity contribution is -0.141. The number of fused-ring (bicyclic) bond motifs is 1. The third-order valence-electron chi connectivity index (χ3n) is 8.16. The lowest BCUT2D eigenvalue weighted by Gasteiger charge is -2.29. The summed E-state index contributed by atoms with van der Waals surface area (Å²) in [5.74, 6) is -7.45. The zero-order chi connectivity index (χ0) is 37.0. The number of hydrogen-bond donors (Lipinski definition) is 7. The molecule has 0 bridgehead atoms. The van der Waals surface area contributed by atoms with Crippen LogP contribution < -0.4 is 32.2 Å². The molecule has 268 valence electrons. The maximum atomic E-state index is 13.6. The van der Waals surface area contributed by atoms with Gasteiger partial charge >= 0.3 is 17.6 Å². The van der Waals surface area contributed by atoms with Crippen molar-refractivity contribution in [3.8, 4) is 0 Å². The van der Waals surface area contributed by atoms with Gasteiger partial charge in [0, 0.05) is 36.6 Å². The van der Waals surface area contributed by atoms with Crippen molar-refractivity contribution >= 4 is 58.1 Å². The Morgan fingerprint density at radius 3 is 1.86 bits per heavy atom.